The number of hydrogen-bond acceptors (Lipinski definition) is 4. The van der Waals surface area contributed by atoms with Crippen LogP contribution in [0.1, 0.15) is 16.8 Å². The highest BCUT2D eigenvalue weighted by molar-refractivity contribution is 5.65. The molecule has 0 amide bonds. The van der Waals surface area contributed by atoms with Crippen LogP contribution in [0.3, 0.4) is 0 Å². The van der Waals surface area contributed by atoms with E-state index < -0.39 is 11.7 Å². The fourth-order valence-corrected chi connectivity index (χ4v) is 2.43. The van der Waals surface area contributed by atoms with Gasteiger partial charge in [0, 0.05) is 12.0 Å². The highest BCUT2D eigenvalue weighted by Crippen LogP contribution is 2.29. The standard InChI is InChI=1S/C18H13F3N4O/c19-18(20,21)14-5-1-3-12(9-14)7-8-26-15-6-2-4-13(10-15)17-16(11-22)23-25-24-17/h1-6,9-10H,7-8H2,(H,23,24,25). The van der Waals surface area contributed by atoms with Crippen molar-refractivity contribution in [1.82, 2.24) is 15.4 Å². The van der Waals surface area contributed by atoms with Crippen LogP contribution in [0.4, 0.5) is 13.2 Å². The molecular weight excluding hydrogens is 345 g/mol. The van der Waals surface area contributed by atoms with Gasteiger partial charge < -0.3 is 4.74 Å². The van der Waals surface area contributed by atoms with E-state index in [1.165, 1.54) is 6.07 Å². The molecule has 1 N–H and O–H groups in total. The number of nitrogens with zero attached hydrogens (tertiary/aromatic N) is 3. The van der Waals surface area contributed by atoms with Crippen molar-refractivity contribution in [1.29, 1.82) is 5.26 Å². The van der Waals surface area contributed by atoms with Crippen molar-refractivity contribution in [2.45, 2.75) is 12.6 Å². The number of ether oxygens (including phenoxy) is 1. The molecule has 3 aromatic rings. The summed E-state index contributed by atoms with van der Waals surface area (Å²) in [4.78, 5) is 0. The van der Waals surface area contributed by atoms with Crippen molar-refractivity contribution in [3.05, 3.63) is 65.4 Å². The van der Waals surface area contributed by atoms with Crippen molar-refractivity contribution in [2.24, 2.45) is 0 Å². The molecule has 0 aliphatic heterocycles. The lowest BCUT2D eigenvalue weighted by atomic mass is 10.1. The molecule has 5 nitrogen and oxygen atoms in total. The number of halogens is 3. The van der Waals surface area contributed by atoms with Crippen LogP contribution in [0.5, 0.6) is 5.75 Å². The molecule has 0 unspecified atom stereocenters. The van der Waals surface area contributed by atoms with Crippen molar-refractivity contribution in [3.63, 3.8) is 0 Å². The second-order valence-electron chi connectivity index (χ2n) is 5.47. The van der Waals surface area contributed by atoms with E-state index in [9.17, 15) is 13.2 Å². The highest BCUT2D eigenvalue weighted by Gasteiger charge is 2.30. The van der Waals surface area contributed by atoms with Gasteiger partial charge in [-0.1, -0.05) is 35.5 Å². The molecule has 0 fully saturated rings. The second-order valence-corrected chi connectivity index (χ2v) is 5.47. The Bertz CT molecular complexity index is 944. The number of benzene rings is 2. The zero-order valence-electron chi connectivity index (χ0n) is 13.4. The lowest BCUT2D eigenvalue weighted by Gasteiger charge is -2.10. The van der Waals surface area contributed by atoms with E-state index in [4.69, 9.17) is 10.00 Å². The minimum atomic E-state index is -4.36. The summed E-state index contributed by atoms with van der Waals surface area (Å²) in [6, 6.07) is 14.1. The summed E-state index contributed by atoms with van der Waals surface area (Å²) in [7, 11) is 0. The van der Waals surface area contributed by atoms with Crippen molar-refractivity contribution in [3.8, 4) is 23.1 Å². The quantitative estimate of drug-likeness (QED) is 0.748. The molecule has 0 aliphatic carbocycles. The maximum Gasteiger partial charge on any atom is 0.416 e. The van der Waals surface area contributed by atoms with Gasteiger partial charge in [-0.3, -0.25) is 0 Å². The number of rotatable bonds is 5. The number of H-pyrrole nitrogens is 1. The Morgan fingerprint density at radius 2 is 1.92 bits per heavy atom. The van der Waals surface area contributed by atoms with Crippen LogP contribution in [0, 0.1) is 11.3 Å². The summed E-state index contributed by atoms with van der Waals surface area (Å²) in [5, 5.41) is 19.0. The smallest absolute Gasteiger partial charge is 0.416 e. The zero-order valence-corrected chi connectivity index (χ0v) is 13.4. The fraction of sp³-hybridized carbons (Fsp3) is 0.167. The molecule has 2 aromatic carbocycles. The summed E-state index contributed by atoms with van der Waals surface area (Å²) < 4.78 is 43.8. The Kier molecular flexibility index (Phi) is 4.89. The molecule has 0 saturated carbocycles. The number of aromatic nitrogens is 3. The number of nitrogens with one attached hydrogen (secondary N) is 1. The third kappa shape index (κ3) is 4.00. The first kappa shape index (κ1) is 17.5. The minimum absolute atomic E-state index is 0.217. The molecule has 1 heterocycles. The van der Waals surface area contributed by atoms with Crippen LogP contribution in [-0.4, -0.2) is 22.0 Å². The first-order valence-electron chi connectivity index (χ1n) is 7.68. The Balaban J connectivity index is 1.66. The summed E-state index contributed by atoms with van der Waals surface area (Å²) in [5.41, 5.74) is 1.18. The van der Waals surface area contributed by atoms with E-state index in [2.05, 4.69) is 15.4 Å². The van der Waals surface area contributed by atoms with E-state index in [0.29, 0.717) is 29.0 Å². The predicted molar refractivity (Wildman–Crippen MR) is 87.2 cm³/mol. The summed E-state index contributed by atoms with van der Waals surface area (Å²) >= 11 is 0. The van der Waals surface area contributed by atoms with Gasteiger partial charge >= 0.3 is 6.18 Å². The molecule has 0 atom stereocenters. The largest absolute Gasteiger partial charge is 0.493 e. The average Bonchev–Trinajstić information content (AvgIpc) is 3.10. The fourth-order valence-electron chi connectivity index (χ4n) is 2.43. The SMILES string of the molecule is N#Cc1[nH]nnc1-c1cccc(OCCc2cccc(C(F)(F)F)c2)c1. The third-order valence-corrected chi connectivity index (χ3v) is 3.68. The van der Waals surface area contributed by atoms with Crippen LogP contribution >= 0.6 is 0 Å². The monoisotopic (exact) mass is 358 g/mol. The molecule has 1 aromatic heterocycles. The van der Waals surface area contributed by atoms with Gasteiger partial charge in [0.2, 0.25) is 0 Å². The molecule has 8 heteroatoms. The van der Waals surface area contributed by atoms with E-state index in [-0.39, 0.29) is 12.3 Å². The van der Waals surface area contributed by atoms with E-state index in [0.717, 1.165) is 12.1 Å². The van der Waals surface area contributed by atoms with Gasteiger partial charge in [-0.25, -0.2) is 5.10 Å². The second kappa shape index (κ2) is 7.27. The number of hydrogen-bond donors (Lipinski definition) is 1. The van der Waals surface area contributed by atoms with Gasteiger partial charge in [0.25, 0.3) is 0 Å². The van der Waals surface area contributed by atoms with Crippen molar-refractivity contribution < 1.29 is 17.9 Å². The Morgan fingerprint density at radius 3 is 2.69 bits per heavy atom. The Hall–Kier alpha value is -3.34. The van der Waals surface area contributed by atoms with Crippen LogP contribution in [0.15, 0.2) is 48.5 Å². The third-order valence-electron chi connectivity index (χ3n) is 3.68. The van der Waals surface area contributed by atoms with Crippen molar-refractivity contribution >= 4 is 0 Å². The summed E-state index contributed by atoms with van der Waals surface area (Å²) in [5.74, 6) is 0.529. The highest BCUT2D eigenvalue weighted by atomic mass is 19.4. The van der Waals surface area contributed by atoms with E-state index in [1.807, 2.05) is 6.07 Å². The topological polar surface area (TPSA) is 74.6 Å². The van der Waals surface area contributed by atoms with Gasteiger partial charge in [0.05, 0.1) is 12.2 Å². The van der Waals surface area contributed by atoms with Gasteiger partial charge in [-0.2, -0.15) is 18.4 Å². The molecule has 26 heavy (non-hydrogen) atoms. The molecule has 0 bridgehead atoms. The normalized spacial score (nSPS) is 11.2. The first-order valence-corrected chi connectivity index (χ1v) is 7.68. The molecule has 0 radical (unpaired) electrons. The predicted octanol–water partition coefficient (Wildman–Crippen LogP) is 3.98. The summed E-state index contributed by atoms with van der Waals surface area (Å²) in [6.45, 7) is 0.217. The summed E-state index contributed by atoms with van der Waals surface area (Å²) in [6.07, 6.45) is -4.03. The first-order chi connectivity index (χ1) is 12.5. The lowest BCUT2D eigenvalue weighted by Crippen LogP contribution is -2.07. The lowest BCUT2D eigenvalue weighted by molar-refractivity contribution is -0.137. The van der Waals surface area contributed by atoms with E-state index in [1.54, 1.807) is 30.3 Å². The van der Waals surface area contributed by atoms with Gasteiger partial charge in [-0.05, 0) is 23.8 Å². The number of alkyl halides is 3. The van der Waals surface area contributed by atoms with Crippen LogP contribution in [-0.2, 0) is 12.6 Å². The van der Waals surface area contributed by atoms with Crippen LogP contribution in [0.2, 0.25) is 0 Å². The van der Waals surface area contributed by atoms with Crippen molar-refractivity contribution in [2.75, 3.05) is 6.61 Å². The van der Waals surface area contributed by atoms with E-state index >= 15 is 0 Å². The minimum Gasteiger partial charge on any atom is -0.493 e. The molecule has 0 aliphatic rings. The Morgan fingerprint density at radius 1 is 1.12 bits per heavy atom. The van der Waals surface area contributed by atoms with Crippen LogP contribution in [0.25, 0.3) is 11.3 Å². The van der Waals surface area contributed by atoms with Gasteiger partial charge in [0.1, 0.15) is 17.5 Å². The molecule has 132 valence electrons. The van der Waals surface area contributed by atoms with Crippen LogP contribution < -0.4 is 4.74 Å². The zero-order chi connectivity index (χ0) is 18.6. The Labute approximate surface area is 147 Å². The molecule has 0 saturated heterocycles. The van der Waals surface area contributed by atoms with Gasteiger partial charge in [0.15, 0.2) is 5.69 Å². The molecular formula is C18H13F3N4O. The van der Waals surface area contributed by atoms with Gasteiger partial charge in [-0.15, -0.1) is 5.10 Å². The number of aromatic amines is 1. The maximum absolute atomic E-state index is 12.7. The maximum atomic E-state index is 12.7. The molecule has 3 rings (SSSR count). The molecule has 0 spiro atoms. The number of nitriles is 1. The average molecular weight is 358 g/mol.